The molecule has 4 aromatic rings. The van der Waals surface area contributed by atoms with Crippen molar-refractivity contribution >= 4 is 54.8 Å². The molecular formula is C28H31N5O5S2. The summed E-state index contributed by atoms with van der Waals surface area (Å²) >= 11 is 1.13. The highest BCUT2D eigenvalue weighted by atomic mass is 32.2. The number of carbonyl (C=O) groups excluding carboxylic acids is 2. The lowest BCUT2D eigenvalue weighted by molar-refractivity contribution is -0.119. The third-order valence-corrected chi connectivity index (χ3v) is 9.67. The van der Waals surface area contributed by atoms with Gasteiger partial charge in [-0.25, -0.2) is 17.7 Å². The van der Waals surface area contributed by atoms with Gasteiger partial charge in [-0.2, -0.15) is 0 Å². The van der Waals surface area contributed by atoms with Gasteiger partial charge in [0.2, 0.25) is 15.9 Å². The van der Waals surface area contributed by atoms with Crippen molar-refractivity contribution in [1.82, 2.24) is 13.9 Å². The monoisotopic (exact) mass is 581 g/mol. The van der Waals surface area contributed by atoms with E-state index in [2.05, 4.69) is 15.6 Å². The lowest BCUT2D eigenvalue weighted by Crippen LogP contribution is -2.33. The molecule has 0 spiro atoms. The van der Waals surface area contributed by atoms with Gasteiger partial charge in [0, 0.05) is 25.5 Å². The Kier molecular flexibility index (Phi) is 8.24. The molecule has 2 N–H and O–H groups in total. The molecule has 2 amide bonds. The van der Waals surface area contributed by atoms with E-state index in [-0.39, 0.29) is 10.8 Å². The van der Waals surface area contributed by atoms with Crippen LogP contribution in [0.3, 0.4) is 0 Å². The second-order valence-electron chi connectivity index (χ2n) is 9.69. The van der Waals surface area contributed by atoms with Crippen molar-refractivity contribution in [2.24, 2.45) is 0 Å². The van der Waals surface area contributed by atoms with Crippen LogP contribution in [0.5, 0.6) is 0 Å². The van der Waals surface area contributed by atoms with E-state index < -0.39 is 27.5 Å². The molecular weight excluding hydrogens is 550 g/mol. The van der Waals surface area contributed by atoms with Crippen molar-refractivity contribution in [1.29, 1.82) is 0 Å². The van der Waals surface area contributed by atoms with E-state index in [9.17, 15) is 22.8 Å². The summed E-state index contributed by atoms with van der Waals surface area (Å²) < 4.78 is 27.0. The summed E-state index contributed by atoms with van der Waals surface area (Å²) in [6.07, 6.45) is 1.63. The Bertz CT molecular complexity index is 1770. The van der Waals surface area contributed by atoms with E-state index in [0.29, 0.717) is 38.5 Å². The summed E-state index contributed by atoms with van der Waals surface area (Å²) in [6, 6.07) is 10.7. The molecule has 0 radical (unpaired) electrons. The molecule has 10 nitrogen and oxygen atoms in total. The quantitative estimate of drug-likeness (QED) is 0.316. The van der Waals surface area contributed by atoms with E-state index >= 15 is 0 Å². The maximum absolute atomic E-state index is 13.6. The zero-order chi connectivity index (χ0) is 29.4. The van der Waals surface area contributed by atoms with Gasteiger partial charge < -0.3 is 10.6 Å². The molecule has 0 aliphatic rings. The molecule has 2 aromatic carbocycles. The number of nitrogens with one attached hydrogen (secondary N) is 2. The van der Waals surface area contributed by atoms with Crippen molar-refractivity contribution in [2.75, 3.05) is 24.7 Å². The highest BCUT2D eigenvalue weighted by molar-refractivity contribution is 7.89. The number of hydrogen-bond donors (Lipinski definition) is 2. The number of rotatable bonds is 8. The van der Waals surface area contributed by atoms with Gasteiger partial charge in [-0.15, -0.1) is 11.3 Å². The largest absolute Gasteiger partial charge is 0.324 e. The van der Waals surface area contributed by atoms with Crippen molar-refractivity contribution in [3.63, 3.8) is 0 Å². The number of nitrogens with zero attached hydrogens (tertiary/aromatic N) is 3. The van der Waals surface area contributed by atoms with Crippen molar-refractivity contribution in [3.05, 3.63) is 80.7 Å². The molecule has 0 bridgehead atoms. The van der Waals surface area contributed by atoms with Crippen molar-refractivity contribution < 1.29 is 18.0 Å². The van der Waals surface area contributed by atoms with Crippen LogP contribution in [0.4, 0.5) is 11.4 Å². The summed E-state index contributed by atoms with van der Waals surface area (Å²) in [6.45, 7) is 7.37. The number of thiophene rings is 1. The Hall–Kier alpha value is -3.87. The standard InChI is InChI=1S/C28H31N5O5S2/c1-7-22(25(34)30-19-9-11-20(12-10-19)40(37,38)32(5)6)33-15-29-27-23(28(33)36)18(4)24(39-27)26(35)31-21-13-8-16(2)14-17(21)3/h8-15,22H,7H2,1-6H3,(H,30,34)(H,31,35). The number of benzene rings is 2. The summed E-state index contributed by atoms with van der Waals surface area (Å²) in [4.78, 5) is 45.2. The SMILES string of the molecule is CCC(C(=O)Nc1ccc(S(=O)(=O)N(C)C)cc1)n1cnc2sc(C(=O)Nc3ccc(C)cc3C)c(C)c2c1=O. The zero-order valence-electron chi connectivity index (χ0n) is 23.1. The first-order chi connectivity index (χ1) is 18.8. The number of aromatic nitrogens is 2. The Labute approximate surface area is 236 Å². The number of carbonyl (C=O) groups is 2. The smallest absolute Gasteiger partial charge is 0.266 e. The third-order valence-electron chi connectivity index (χ3n) is 6.64. The van der Waals surface area contributed by atoms with E-state index in [1.54, 1.807) is 13.8 Å². The van der Waals surface area contributed by atoms with Gasteiger partial charge in [0.15, 0.2) is 0 Å². The van der Waals surface area contributed by atoms with Gasteiger partial charge in [0.25, 0.3) is 11.5 Å². The summed E-state index contributed by atoms with van der Waals surface area (Å²) in [7, 11) is -0.724. The molecule has 0 aliphatic carbocycles. The van der Waals surface area contributed by atoms with Crippen LogP contribution in [0.1, 0.15) is 45.7 Å². The zero-order valence-corrected chi connectivity index (χ0v) is 24.7. The highest BCUT2D eigenvalue weighted by Gasteiger charge is 2.25. The maximum Gasteiger partial charge on any atom is 0.266 e. The first-order valence-electron chi connectivity index (χ1n) is 12.6. The molecule has 0 saturated carbocycles. The Morgan fingerprint density at radius 3 is 2.33 bits per heavy atom. The first kappa shape index (κ1) is 29.1. The number of fused-ring (bicyclic) bond motifs is 1. The molecule has 0 aliphatic heterocycles. The van der Waals surface area contributed by atoms with Crippen molar-refractivity contribution in [2.45, 2.75) is 45.1 Å². The van der Waals surface area contributed by atoms with Crippen LogP contribution in [0.25, 0.3) is 10.2 Å². The summed E-state index contributed by atoms with van der Waals surface area (Å²) in [5.74, 6) is -0.780. The fraction of sp³-hybridized carbons (Fsp3) is 0.286. The second-order valence-corrected chi connectivity index (χ2v) is 12.8. The van der Waals surface area contributed by atoms with Crippen LogP contribution < -0.4 is 16.2 Å². The minimum absolute atomic E-state index is 0.0960. The highest BCUT2D eigenvalue weighted by Crippen LogP contribution is 2.29. The third kappa shape index (κ3) is 5.55. The molecule has 2 heterocycles. The second kappa shape index (κ2) is 11.3. The molecule has 210 valence electrons. The first-order valence-corrected chi connectivity index (χ1v) is 14.8. The number of hydrogen-bond acceptors (Lipinski definition) is 7. The normalized spacial score (nSPS) is 12.5. The van der Waals surface area contributed by atoms with E-state index in [0.717, 1.165) is 26.8 Å². The molecule has 2 aromatic heterocycles. The number of amides is 2. The van der Waals surface area contributed by atoms with Gasteiger partial charge in [0.05, 0.1) is 21.5 Å². The van der Waals surface area contributed by atoms with Crippen LogP contribution in [-0.4, -0.2) is 48.2 Å². The minimum atomic E-state index is -3.60. The molecule has 12 heteroatoms. The molecule has 0 fully saturated rings. The Morgan fingerprint density at radius 2 is 1.73 bits per heavy atom. The number of anilines is 2. The molecule has 1 atom stereocenters. The average molecular weight is 582 g/mol. The fourth-order valence-corrected chi connectivity index (χ4v) is 6.30. The number of sulfonamides is 1. The van der Waals surface area contributed by atoms with Crippen LogP contribution in [0.15, 0.2) is 58.5 Å². The van der Waals surface area contributed by atoms with Crippen LogP contribution in [-0.2, 0) is 14.8 Å². The lowest BCUT2D eigenvalue weighted by atomic mass is 10.1. The maximum atomic E-state index is 13.6. The minimum Gasteiger partial charge on any atom is -0.324 e. The predicted octanol–water partition coefficient (Wildman–Crippen LogP) is 4.48. The number of aryl methyl sites for hydroxylation is 3. The van der Waals surface area contributed by atoms with Crippen molar-refractivity contribution in [3.8, 4) is 0 Å². The summed E-state index contributed by atoms with van der Waals surface area (Å²) in [5, 5.41) is 5.97. The van der Waals surface area contributed by atoms with Gasteiger partial charge in [0.1, 0.15) is 10.9 Å². The van der Waals surface area contributed by atoms with Gasteiger partial charge in [-0.05, 0) is 68.7 Å². The van der Waals surface area contributed by atoms with E-state index in [4.69, 9.17) is 0 Å². The Morgan fingerprint density at radius 1 is 1.05 bits per heavy atom. The fourth-order valence-electron chi connectivity index (χ4n) is 4.36. The van der Waals surface area contributed by atoms with Gasteiger partial charge in [-0.3, -0.25) is 19.0 Å². The predicted molar refractivity (Wildman–Crippen MR) is 158 cm³/mol. The topological polar surface area (TPSA) is 130 Å². The van der Waals surface area contributed by atoms with Crippen LogP contribution >= 0.6 is 11.3 Å². The summed E-state index contributed by atoms with van der Waals surface area (Å²) in [5.41, 5.74) is 3.18. The molecule has 4 rings (SSSR count). The van der Waals surface area contributed by atoms with Crippen LogP contribution in [0, 0.1) is 20.8 Å². The lowest BCUT2D eigenvalue weighted by Gasteiger charge is -2.18. The molecule has 40 heavy (non-hydrogen) atoms. The van der Waals surface area contributed by atoms with Gasteiger partial charge in [-0.1, -0.05) is 24.6 Å². The Balaban J connectivity index is 1.61. The van der Waals surface area contributed by atoms with E-state index in [1.807, 2.05) is 32.0 Å². The molecule has 1 unspecified atom stereocenters. The van der Waals surface area contributed by atoms with Crippen LogP contribution in [0.2, 0.25) is 0 Å². The average Bonchev–Trinajstić information content (AvgIpc) is 3.24. The van der Waals surface area contributed by atoms with E-state index in [1.165, 1.54) is 49.3 Å². The molecule has 0 saturated heterocycles. The van der Waals surface area contributed by atoms with Gasteiger partial charge >= 0.3 is 0 Å².